The van der Waals surface area contributed by atoms with E-state index in [4.69, 9.17) is 0 Å². The fraction of sp³-hybridized carbons (Fsp3) is 0.318. The first-order chi connectivity index (χ1) is 14.0. The van der Waals surface area contributed by atoms with Gasteiger partial charge in [-0.05, 0) is 43.5 Å². The fourth-order valence-electron chi connectivity index (χ4n) is 3.44. The Labute approximate surface area is 175 Å². The second-order valence-corrected chi connectivity index (χ2v) is 8.51. The van der Waals surface area contributed by atoms with E-state index in [0.29, 0.717) is 0 Å². The topological polar surface area (TPSA) is 71.8 Å². The van der Waals surface area contributed by atoms with Crippen molar-refractivity contribution in [3.05, 3.63) is 71.0 Å². The molecule has 2 N–H and O–H groups in total. The van der Waals surface area contributed by atoms with Crippen LogP contribution in [0.15, 0.2) is 53.7 Å². The number of carbonyl (C=O) groups is 1. The Bertz CT molecular complexity index is 1010. The minimum Gasteiger partial charge on any atom is -0.325 e. The number of rotatable bonds is 5. The second kappa shape index (κ2) is 8.29. The molecule has 2 atom stereocenters. The van der Waals surface area contributed by atoms with Gasteiger partial charge >= 0.3 is 0 Å². The lowest BCUT2D eigenvalue weighted by atomic mass is 10.0. The van der Waals surface area contributed by atoms with Crippen molar-refractivity contribution in [2.24, 2.45) is 0 Å². The molecule has 0 bridgehead atoms. The quantitative estimate of drug-likeness (QED) is 0.662. The van der Waals surface area contributed by atoms with Gasteiger partial charge in [0.25, 0.3) is 0 Å². The van der Waals surface area contributed by atoms with Gasteiger partial charge < -0.3 is 10.7 Å². The molecule has 3 aromatic rings. The van der Waals surface area contributed by atoms with Crippen LogP contribution < -0.4 is 10.7 Å². The molecule has 0 radical (unpaired) electrons. The molecular weight excluding hydrogens is 382 g/mol. The lowest BCUT2D eigenvalue weighted by Gasteiger charge is -2.33. The summed E-state index contributed by atoms with van der Waals surface area (Å²) in [6.45, 7) is 6.19. The highest BCUT2D eigenvalue weighted by molar-refractivity contribution is 8.00. The first kappa shape index (κ1) is 19.5. The Kier molecular flexibility index (Phi) is 5.58. The number of aryl methyl sites for hydroxylation is 3. The number of anilines is 1. The average molecular weight is 408 g/mol. The third kappa shape index (κ3) is 4.15. The standard InChI is InChI=1S/C22H25N5OS/c1-4-6-18-24-25-22-27(18)26-19(16-11-9-14(2)10-12-16)20(29-22)21(28)23-17-8-5-7-15(3)13-17/h5,7-13,19-20,26H,4,6H2,1-3H3,(H,23,28). The number of thioether (sulfide) groups is 1. The normalized spacial score (nSPS) is 18.0. The van der Waals surface area contributed by atoms with E-state index in [0.717, 1.165) is 40.6 Å². The van der Waals surface area contributed by atoms with E-state index in [1.54, 1.807) is 0 Å². The largest absolute Gasteiger partial charge is 0.325 e. The molecule has 0 fully saturated rings. The van der Waals surface area contributed by atoms with Crippen LogP contribution in [0.1, 0.15) is 41.9 Å². The minimum absolute atomic E-state index is 0.0510. The van der Waals surface area contributed by atoms with Crippen LogP contribution in [-0.4, -0.2) is 26.0 Å². The van der Waals surface area contributed by atoms with Crippen LogP contribution in [-0.2, 0) is 11.2 Å². The minimum atomic E-state index is -0.371. The van der Waals surface area contributed by atoms with Crippen molar-refractivity contribution in [2.45, 2.75) is 50.1 Å². The molecule has 0 spiro atoms. The summed E-state index contributed by atoms with van der Waals surface area (Å²) in [4.78, 5) is 13.2. The average Bonchev–Trinajstić information content (AvgIpc) is 3.10. The first-order valence-corrected chi connectivity index (χ1v) is 10.7. The van der Waals surface area contributed by atoms with Crippen molar-refractivity contribution in [2.75, 3.05) is 10.7 Å². The second-order valence-electron chi connectivity index (χ2n) is 7.40. The Morgan fingerprint density at radius 1 is 1.14 bits per heavy atom. The molecule has 29 heavy (non-hydrogen) atoms. The molecule has 4 rings (SSSR count). The predicted molar refractivity (Wildman–Crippen MR) is 117 cm³/mol. The number of benzene rings is 2. The van der Waals surface area contributed by atoms with Gasteiger partial charge in [0.1, 0.15) is 5.25 Å². The van der Waals surface area contributed by atoms with Crippen LogP contribution in [0.5, 0.6) is 0 Å². The molecule has 0 saturated heterocycles. The fourth-order valence-corrected chi connectivity index (χ4v) is 4.54. The van der Waals surface area contributed by atoms with Crippen LogP contribution >= 0.6 is 11.8 Å². The summed E-state index contributed by atoms with van der Waals surface area (Å²) in [7, 11) is 0. The molecule has 2 unspecified atom stereocenters. The molecule has 1 amide bonds. The van der Waals surface area contributed by atoms with Crippen LogP contribution in [0.3, 0.4) is 0 Å². The van der Waals surface area contributed by atoms with E-state index in [9.17, 15) is 4.79 Å². The van der Waals surface area contributed by atoms with Crippen molar-refractivity contribution in [1.82, 2.24) is 14.9 Å². The van der Waals surface area contributed by atoms with Crippen molar-refractivity contribution in [3.63, 3.8) is 0 Å². The summed E-state index contributed by atoms with van der Waals surface area (Å²) >= 11 is 1.46. The molecular formula is C22H25N5OS. The molecule has 7 heteroatoms. The molecule has 2 aromatic carbocycles. The van der Waals surface area contributed by atoms with E-state index >= 15 is 0 Å². The van der Waals surface area contributed by atoms with Crippen LogP contribution in [0.2, 0.25) is 0 Å². The summed E-state index contributed by atoms with van der Waals surface area (Å²) in [6, 6.07) is 16.0. The highest BCUT2D eigenvalue weighted by atomic mass is 32.2. The SMILES string of the molecule is CCCc1nnc2n1NC(c1ccc(C)cc1)C(C(=O)Nc1cccc(C)c1)S2. The lowest BCUT2D eigenvalue weighted by molar-refractivity contribution is -0.116. The van der Waals surface area contributed by atoms with E-state index in [1.807, 2.05) is 35.9 Å². The highest BCUT2D eigenvalue weighted by Gasteiger charge is 2.37. The van der Waals surface area contributed by atoms with Crippen molar-refractivity contribution in [3.8, 4) is 0 Å². The molecule has 1 aromatic heterocycles. The Morgan fingerprint density at radius 2 is 1.93 bits per heavy atom. The van der Waals surface area contributed by atoms with Gasteiger partial charge in [0.2, 0.25) is 11.1 Å². The van der Waals surface area contributed by atoms with Gasteiger partial charge in [-0.15, -0.1) is 10.2 Å². The molecule has 150 valence electrons. The molecule has 0 saturated carbocycles. The maximum atomic E-state index is 13.2. The van der Waals surface area contributed by atoms with E-state index in [1.165, 1.54) is 17.3 Å². The monoisotopic (exact) mass is 407 g/mol. The first-order valence-electron chi connectivity index (χ1n) is 9.86. The predicted octanol–water partition coefficient (Wildman–Crippen LogP) is 4.25. The molecule has 2 heterocycles. The maximum Gasteiger partial charge on any atom is 0.240 e. The number of nitrogens with zero attached hydrogens (tertiary/aromatic N) is 3. The molecule has 6 nitrogen and oxygen atoms in total. The Hall–Kier alpha value is -2.80. The van der Waals surface area contributed by atoms with Crippen molar-refractivity contribution < 1.29 is 4.79 Å². The van der Waals surface area contributed by atoms with Gasteiger partial charge in [-0.1, -0.05) is 60.6 Å². The van der Waals surface area contributed by atoms with Gasteiger partial charge in [-0.3, -0.25) is 4.79 Å². The van der Waals surface area contributed by atoms with Gasteiger partial charge in [0, 0.05) is 12.1 Å². The van der Waals surface area contributed by atoms with Gasteiger partial charge in [0.05, 0.1) is 6.04 Å². The van der Waals surface area contributed by atoms with E-state index in [-0.39, 0.29) is 17.2 Å². The third-order valence-corrected chi connectivity index (χ3v) is 6.17. The number of nitrogens with one attached hydrogen (secondary N) is 2. The zero-order valence-electron chi connectivity index (χ0n) is 16.8. The summed E-state index contributed by atoms with van der Waals surface area (Å²) in [6.07, 6.45) is 1.82. The van der Waals surface area contributed by atoms with Crippen LogP contribution in [0, 0.1) is 13.8 Å². The number of hydrogen-bond acceptors (Lipinski definition) is 5. The maximum absolute atomic E-state index is 13.2. The summed E-state index contributed by atoms with van der Waals surface area (Å²) in [5.41, 5.74) is 7.67. The molecule has 0 aliphatic carbocycles. The van der Waals surface area contributed by atoms with Crippen LogP contribution in [0.25, 0.3) is 0 Å². The van der Waals surface area contributed by atoms with Gasteiger partial charge in [-0.2, -0.15) is 0 Å². The molecule has 1 aliphatic heterocycles. The van der Waals surface area contributed by atoms with E-state index < -0.39 is 0 Å². The van der Waals surface area contributed by atoms with E-state index in [2.05, 4.69) is 59.1 Å². The number of aromatic nitrogens is 3. The van der Waals surface area contributed by atoms with Crippen molar-refractivity contribution in [1.29, 1.82) is 0 Å². The number of hydrogen-bond donors (Lipinski definition) is 2. The van der Waals surface area contributed by atoms with Crippen LogP contribution in [0.4, 0.5) is 5.69 Å². The highest BCUT2D eigenvalue weighted by Crippen LogP contribution is 2.37. The number of carbonyl (C=O) groups excluding carboxylic acids is 1. The van der Waals surface area contributed by atoms with Crippen molar-refractivity contribution >= 4 is 23.4 Å². The van der Waals surface area contributed by atoms with Gasteiger partial charge in [0.15, 0.2) is 5.82 Å². The number of amides is 1. The lowest BCUT2D eigenvalue weighted by Crippen LogP contribution is -2.41. The summed E-state index contributed by atoms with van der Waals surface area (Å²) in [5, 5.41) is 12.0. The Balaban J connectivity index is 1.66. The van der Waals surface area contributed by atoms with Gasteiger partial charge in [-0.25, -0.2) is 4.68 Å². The number of fused-ring (bicyclic) bond motifs is 1. The summed E-state index contributed by atoms with van der Waals surface area (Å²) in [5.74, 6) is 0.842. The summed E-state index contributed by atoms with van der Waals surface area (Å²) < 4.78 is 1.94. The Morgan fingerprint density at radius 3 is 2.66 bits per heavy atom. The zero-order chi connectivity index (χ0) is 20.4. The smallest absolute Gasteiger partial charge is 0.240 e. The third-order valence-electron chi connectivity index (χ3n) is 4.96. The zero-order valence-corrected chi connectivity index (χ0v) is 17.7. The molecule has 1 aliphatic rings.